The highest BCUT2D eigenvalue weighted by Crippen LogP contribution is 2.42. The lowest BCUT2D eigenvalue weighted by Gasteiger charge is -2.40. The molecule has 0 atom stereocenters. The first-order chi connectivity index (χ1) is 6.32. The van der Waals surface area contributed by atoms with Gasteiger partial charge in [0.05, 0.1) is 12.9 Å². The molecule has 0 radical (unpaired) electrons. The topological polar surface area (TPSA) is 38.0 Å². The van der Waals surface area contributed by atoms with E-state index in [1.807, 2.05) is 12.5 Å². The Morgan fingerprint density at radius 2 is 2.38 bits per heavy atom. The maximum absolute atomic E-state index is 9.39. The number of aliphatic hydroxyl groups is 1. The summed E-state index contributed by atoms with van der Waals surface area (Å²) in [4.78, 5) is 4.14. The molecule has 1 saturated carbocycles. The first-order valence-electron chi connectivity index (χ1n) is 4.94. The van der Waals surface area contributed by atoms with E-state index in [0.29, 0.717) is 0 Å². The second kappa shape index (κ2) is 3.14. The van der Waals surface area contributed by atoms with Crippen LogP contribution < -0.4 is 0 Å². The minimum Gasteiger partial charge on any atom is -0.395 e. The molecule has 0 bridgehead atoms. The Bertz CT molecular complexity index is 283. The summed E-state index contributed by atoms with van der Waals surface area (Å²) in [6.45, 7) is 3.31. The average Bonchev–Trinajstić information content (AvgIpc) is 2.52. The van der Waals surface area contributed by atoms with E-state index in [1.54, 1.807) is 0 Å². The van der Waals surface area contributed by atoms with Gasteiger partial charge in [-0.25, -0.2) is 4.98 Å². The summed E-state index contributed by atoms with van der Waals surface area (Å²) in [6.07, 6.45) is 7.20. The van der Waals surface area contributed by atoms with Crippen molar-refractivity contribution in [3.63, 3.8) is 0 Å². The molecular formula is C10H16N2O. The predicted molar refractivity (Wildman–Crippen MR) is 50.5 cm³/mol. The molecule has 0 aromatic carbocycles. The van der Waals surface area contributed by atoms with Gasteiger partial charge in [0.1, 0.15) is 0 Å². The van der Waals surface area contributed by atoms with Gasteiger partial charge in [0.2, 0.25) is 0 Å². The summed E-state index contributed by atoms with van der Waals surface area (Å²) in [5.74, 6) is 0. The van der Waals surface area contributed by atoms with Crippen molar-refractivity contribution in [1.82, 2.24) is 9.55 Å². The smallest absolute Gasteiger partial charge is 0.0948 e. The van der Waals surface area contributed by atoms with Crippen LogP contribution in [0.2, 0.25) is 0 Å². The van der Waals surface area contributed by atoms with Gasteiger partial charge in [-0.05, 0) is 19.8 Å². The Labute approximate surface area is 78.4 Å². The maximum Gasteiger partial charge on any atom is 0.0948 e. The number of rotatable bonds is 3. The number of hydrogen-bond donors (Lipinski definition) is 1. The fourth-order valence-electron chi connectivity index (χ4n) is 2.11. The van der Waals surface area contributed by atoms with E-state index in [4.69, 9.17) is 0 Å². The standard InChI is InChI=1S/C10H16N2O/c1-2-12-8-11-6-9(12)10(7-13)4-3-5-10/h6,8,13H,2-5,7H2,1H3. The van der Waals surface area contributed by atoms with Gasteiger partial charge in [0.25, 0.3) is 0 Å². The van der Waals surface area contributed by atoms with Gasteiger partial charge < -0.3 is 9.67 Å². The number of aromatic nitrogens is 2. The first-order valence-corrected chi connectivity index (χ1v) is 4.94. The summed E-state index contributed by atoms with van der Waals surface area (Å²) in [5.41, 5.74) is 1.25. The second-order valence-electron chi connectivity index (χ2n) is 3.86. The Morgan fingerprint density at radius 1 is 1.62 bits per heavy atom. The highest BCUT2D eigenvalue weighted by molar-refractivity contribution is 5.19. The molecule has 0 unspecified atom stereocenters. The molecule has 0 spiro atoms. The van der Waals surface area contributed by atoms with Gasteiger partial charge in [0.15, 0.2) is 0 Å². The number of imidazole rings is 1. The van der Waals surface area contributed by atoms with Gasteiger partial charge in [0, 0.05) is 23.9 Å². The zero-order valence-corrected chi connectivity index (χ0v) is 8.03. The van der Waals surface area contributed by atoms with Crippen LogP contribution in [0, 0.1) is 0 Å². The molecule has 13 heavy (non-hydrogen) atoms. The monoisotopic (exact) mass is 180 g/mol. The Hall–Kier alpha value is -0.830. The van der Waals surface area contributed by atoms with E-state index >= 15 is 0 Å². The molecule has 0 saturated heterocycles. The zero-order chi connectivity index (χ0) is 9.31. The molecule has 72 valence electrons. The molecule has 1 aromatic rings. The van der Waals surface area contributed by atoms with Crippen LogP contribution in [-0.4, -0.2) is 21.3 Å². The summed E-state index contributed by atoms with van der Waals surface area (Å²) in [7, 11) is 0. The van der Waals surface area contributed by atoms with Gasteiger partial charge in [-0.3, -0.25) is 0 Å². The highest BCUT2D eigenvalue weighted by atomic mass is 16.3. The largest absolute Gasteiger partial charge is 0.395 e. The lowest BCUT2D eigenvalue weighted by molar-refractivity contribution is 0.113. The molecule has 1 heterocycles. The van der Waals surface area contributed by atoms with Crippen molar-refractivity contribution < 1.29 is 5.11 Å². The van der Waals surface area contributed by atoms with Crippen LogP contribution in [0.4, 0.5) is 0 Å². The highest BCUT2D eigenvalue weighted by Gasteiger charge is 2.40. The average molecular weight is 180 g/mol. The predicted octanol–water partition coefficient (Wildman–Crippen LogP) is 1.32. The maximum atomic E-state index is 9.39. The van der Waals surface area contributed by atoms with Crippen LogP contribution >= 0.6 is 0 Å². The van der Waals surface area contributed by atoms with Gasteiger partial charge in [-0.15, -0.1) is 0 Å². The van der Waals surface area contributed by atoms with Crippen molar-refractivity contribution in [2.45, 2.75) is 38.1 Å². The van der Waals surface area contributed by atoms with Crippen molar-refractivity contribution in [2.24, 2.45) is 0 Å². The van der Waals surface area contributed by atoms with Crippen LogP contribution in [0.25, 0.3) is 0 Å². The molecule has 3 nitrogen and oxygen atoms in total. The summed E-state index contributed by atoms with van der Waals surface area (Å²) in [5, 5.41) is 9.39. The van der Waals surface area contributed by atoms with Gasteiger partial charge in [-0.1, -0.05) is 6.42 Å². The molecule has 1 aromatic heterocycles. The molecule has 1 aliphatic rings. The minimum absolute atomic E-state index is 0.0342. The number of nitrogens with zero attached hydrogens (tertiary/aromatic N) is 2. The number of aliphatic hydroxyl groups excluding tert-OH is 1. The Kier molecular flexibility index (Phi) is 2.12. The fourth-order valence-corrected chi connectivity index (χ4v) is 2.11. The molecule has 1 fully saturated rings. The zero-order valence-electron chi connectivity index (χ0n) is 8.03. The van der Waals surface area contributed by atoms with Crippen molar-refractivity contribution in [1.29, 1.82) is 0 Å². The van der Waals surface area contributed by atoms with Crippen LogP contribution in [-0.2, 0) is 12.0 Å². The number of hydrogen-bond acceptors (Lipinski definition) is 2. The third-order valence-corrected chi connectivity index (χ3v) is 3.21. The van der Waals surface area contributed by atoms with Crippen LogP contribution in [0.1, 0.15) is 31.9 Å². The van der Waals surface area contributed by atoms with Crippen molar-refractivity contribution in [3.8, 4) is 0 Å². The van der Waals surface area contributed by atoms with E-state index < -0.39 is 0 Å². The normalized spacial score (nSPS) is 19.8. The second-order valence-corrected chi connectivity index (χ2v) is 3.86. The lowest BCUT2D eigenvalue weighted by atomic mass is 9.67. The van der Waals surface area contributed by atoms with Crippen LogP contribution in [0.15, 0.2) is 12.5 Å². The van der Waals surface area contributed by atoms with Crippen molar-refractivity contribution in [3.05, 3.63) is 18.2 Å². The fraction of sp³-hybridized carbons (Fsp3) is 0.700. The third kappa shape index (κ3) is 1.18. The van der Waals surface area contributed by atoms with Crippen LogP contribution in [0.5, 0.6) is 0 Å². The summed E-state index contributed by atoms with van der Waals surface area (Å²) in [6, 6.07) is 0. The molecule has 1 aliphatic carbocycles. The van der Waals surface area contributed by atoms with E-state index in [0.717, 1.165) is 19.4 Å². The van der Waals surface area contributed by atoms with Crippen molar-refractivity contribution in [2.75, 3.05) is 6.61 Å². The van der Waals surface area contributed by atoms with Gasteiger partial charge in [-0.2, -0.15) is 0 Å². The van der Waals surface area contributed by atoms with E-state index in [-0.39, 0.29) is 12.0 Å². The van der Waals surface area contributed by atoms with Crippen molar-refractivity contribution >= 4 is 0 Å². The molecule has 1 N–H and O–H groups in total. The minimum atomic E-state index is 0.0342. The van der Waals surface area contributed by atoms with Gasteiger partial charge >= 0.3 is 0 Å². The molecular weight excluding hydrogens is 164 g/mol. The Morgan fingerprint density at radius 3 is 2.85 bits per heavy atom. The SMILES string of the molecule is CCn1cncc1C1(CO)CCC1. The number of aryl methyl sites for hydroxylation is 1. The molecule has 2 rings (SSSR count). The quantitative estimate of drug-likeness (QED) is 0.761. The summed E-state index contributed by atoms with van der Waals surface area (Å²) >= 11 is 0. The molecule has 0 aliphatic heterocycles. The summed E-state index contributed by atoms with van der Waals surface area (Å²) < 4.78 is 2.13. The Balaban J connectivity index is 2.32. The van der Waals surface area contributed by atoms with E-state index in [9.17, 15) is 5.11 Å². The molecule has 0 amide bonds. The lowest BCUT2D eigenvalue weighted by Crippen LogP contribution is -2.39. The third-order valence-electron chi connectivity index (χ3n) is 3.21. The van der Waals surface area contributed by atoms with E-state index in [2.05, 4.69) is 16.5 Å². The first kappa shape index (κ1) is 8.75. The van der Waals surface area contributed by atoms with Crippen LogP contribution in [0.3, 0.4) is 0 Å². The van der Waals surface area contributed by atoms with E-state index in [1.165, 1.54) is 12.1 Å². The molecule has 3 heteroatoms.